The smallest absolute Gasteiger partial charge is 0.248 e. The van der Waals surface area contributed by atoms with Crippen LogP contribution in [0, 0.1) is 0 Å². The van der Waals surface area contributed by atoms with Crippen molar-refractivity contribution in [3.05, 3.63) is 29.8 Å². The van der Waals surface area contributed by atoms with Gasteiger partial charge in [0.15, 0.2) is 5.01 Å². The topological polar surface area (TPSA) is 52.3 Å². The van der Waals surface area contributed by atoms with E-state index in [-0.39, 0.29) is 5.01 Å². The zero-order valence-corrected chi connectivity index (χ0v) is 10.9. The number of carbonyl (C=O) groups is 1. The van der Waals surface area contributed by atoms with Gasteiger partial charge in [-0.05, 0) is 47.0 Å². The molecule has 1 unspecified atom stereocenters. The number of hydrogen-bond donors (Lipinski definition) is 1. The Labute approximate surface area is 104 Å². The molecule has 0 aliphatic heterocycles. The fraction of sp³-hybridized carbons (Fsp3) is 0.417. The Kier molecular flexibility index (Phi) is 5.32. The summed E-state index contributed by atoms with van der Waals surface area (Å²) in [6, 6.07) is 6.90. The third-order valence-corrected chi connectivity index (χ3v) is 2.81. The van der Waals surface area contributed by atoms with Crippen LogP contribution in [0.25, 0.3) is 0 Å². The van der Waals surface area contributed by atoms with Gasteiger partial charge in [0.2, 0.25) is 5.91 Å². The van der Waals surface area contributed by atoms with Crippen molar-refractivity contribution in [1.29, 1.82) is 0 Å². The van der Waals surface area contributed by atoms with Crippen molar-refractivity contribution in [1.82, 2.24) is 0 Å². The highest BCUT2D eigenvalue weighted by Crippen LogP contribution is 2.19. The Morgan fingerprint density at radius 3 is 2.94 bits per heavy atom. The molecule has 0 radical (unpaired) electrons. The highest BCUT2D eigenvalue weighted by molar-refractivity contribution is 9.09. The summed E-state index contributed by atoms with van der Waals surface area (Å²) in [5, 5.41) is -0.0180. The zero-order valence-electron chi connectivity index (χ0n) is 9.28. The number of nitrogens with two attached hydrogens (primary N) is 1. The van der Waals surface area contributed by atoms with Crippen LogP contribution in [-0.4, -0.2) is 10.9 Å². The van der Waals surface area contributed by atoms with Gasteiger partial charge in [-0.15, -0.1) is 0 Å². The molecule has 3 nitrogen and oxygen atoms in total. The molecule has 0 fully saturated rings. The number of hydrogen-bond acceptors (Lipinski definition) is 2. The van der Waals surface area contributed by atoms with Gasteiger partial charge < -0.3 is 10.5 Å². The van der Waals surface area contributed by atoms with Gasteiger partial charge in [0.05, 0.1) is 0 Å². The SMILES string of the molecule is CCCCC(Br)Oc1cccc(C(N)=O)c1. The monoisotopic (exact) mass is 285 g/mol. The number of carbonyl (C=O) groups excluding carboxylic acids is 1. The molecule has 0 aliphatic rings. The van der Waals surface area contributed by atoms with Crippen LogP contribution in [0.2, 0.25) is 0 Å². The van der Waals surface area contributed by atoms with Gasteiger partial charge in [-0.2, -0.15) is 0 Å². The largest absolute Gasteiger partial charge is 0.479 e. The van der Waals surface area contributed by atoms with Gasteiger partial charge in [0, 0.05) is 5.56 Å². The van der Waals surface area contributed by atoms with E-state index in [1.165, 1.54) is 0 Å². The van der Waals surface area contributed by atoms with Gasteiger partial charge in [-0.1, -0.05) is 19.4 Å². The molecule has 88 valence electrons. The lowest BCUT2D eigenvalue weighted by Gasteiger charge is -2.12. The van der Waals surface area contributed by atoms with E-state index in [4.69, 9.17) is 10.5 Å². The fourth-order valence-electron chi connectivity index (χ4n) is 1.29. The second kappa shape index (κ2) is 6.53. The van der Waals surface area contributed by atoms with E-state index in [0.29, 0.717) is 11.3 Å². The number of halogens is 1. The van der Waals surface area contributed by atoms with E-state index in [2.05, 4.69) is 22.9 Å². The number of ether oxygens (including phenoxy) is 1. The average molecular weight is 286 g/mol. The van der Waals surface area contributed by atoms with E-state index < -0.39 is 5.91 Å². The molecule has 1 atom stereocenters. The van der Waals surface area contributed by atoms with Crippen molar-refractivity contribution in [3.63, 3.8) is 0 Å². The number of primary amides is 1. The third-order valence-electron chi connectivity index (χ3n) is 2.17. The molecular formula is C12H16BrNO2. The van der Waals surface area contributed by atoms with Crippen molar-refractivity contribution < 1.29 is 9.53 Å². The van der Waals surface area contributed by atoms with Crippen LogP contribution in [0.1, 0.15) is 36.5 Å². The van der Waals surface area contributed by atoms with E-state index in [0.717, 1.165) is 19.3 Å². The molecule has 0 spiro atoms. The molecule has 1 aromatic rings. The molecule has 0 aromatic heterocycles. The third kappa shape index (κ3) is 4.23. The van der Waals surface area contributed by atoms with Gasteiger partial charge in [0.25, 0.3) is 0 Å². The summed E-state index contributed by atoms with van der Waals surface area (Å²) >= 11 is 3.44. The van der Waals surface area contributed by atoms with Gasteiger partial charge in [0.1, 0.15) is 5.75 Å². The fourth-order valence-corrected chi connectivity index (χ4v) is 1.83. The van der Waals surface area contributed by atoms with Crippen LogP contribution in [0.5, 0.6) is 5.75 Å². The van der Waals surface area contributed by atoms with Gasteiger partial charge in [-0.3, -0.25) is 4.79 Å². The number of benzene rings is 1. The molecule has 4 heteroatoms. The molecule has 0 bridgehead atoms. The first-order valence-corrected chi connectivity index (χ1v) is 6.25. The van der Waals surface area contributed by atoms with Crippen molar-refractivity contribution >= 4 is 21.8 Å². The molecule has 1 rings (SSSR count). The van der Waals surface area contributed by atoms with Gasteiger partial charge in [-0.25, -0.2) is 0 Å². The lowest BCUT2D eigenvalue weighted by molar-refractivity contribution is 0.0999. The van der Waals surface area contributed by atoms with Crippen LogP contribution in [0.15, 0.2) is 24.3 Å². The molecule has 0 saturated carbocycles. The molecule has 16 heavy (non-hydrogen) atoms. The second-order valence-corrected chi connectivity index (χ2v) is 4.58. The molecule has 0 heterocycles. The quantitative estimate of drug-likeness (QED) is 0.817. The van der Waals surface area contributed by atoms with E-state index >= 15 is 0 Å². The number of amides is 1. The highest BCUT2D eigenvalue weighted by atomic mass is 79.9. The zero-order chi connectivity index (χ0) is 12.0. The first-order chi connectivity index (χ1) is 7.63. The predicted molar refractivity (Wildman–Crippen MR) is 67.8 cm³/mol. The first-order valence-electron chi connectivity index (χ1n) is 5.34. The van der Waals surface area contributed by atoms with Crippen LogP contribution >= 0.6 is 15.9 Å². The lowest BCUT2D eigenvalue weighted by atomic mass is 10.2. The van der Waals surface area contributed by atoms with Crippen molar-refractivity contribution in [3.8, 4) is 5.75 Å². The van der Waals surface area contributed by atoms with E-state index in [1.54, 1.807) is 18.2 Å². The minimum atomic E-state index is -0.440. The Balaban J connectivity index is 2.59. The summed E-state index contributed by atoms with van der Waals surface area (Å²) < 4.78 is 5.62. The van der Waals surface area contributed by atoms with Crippen LogP contribution < -0.4 is 10.5 Å². The van der Waals surface area contributed by atoms with Crippen LogP contribution in [0.4, 0.5) is 0 Å². The molecule has 2 N–H and O–H groups in total. The van der Waals surface area contributed by atoms with E-state index in [9.17, 15) is 4.79 Å². The predicted octanol–water partition coefficient (Wildman–Crippen LogP) is 3.08. The van der Waals surface area contributed by atoms with Gasteiger partial charge >= 0.3 is 0 Å². The second-order valence-electron chi connectivity index (χ2n) is 3.56. The van der Waals surface area contributed by atoms with Crippen molar-refractivity contribution in [2.75, 3.05) is 0 Å². The van der Waals surface area contributed by atoms with Crippen molar-refractivity contribution in [2.45, 2.75) is 31.2 Å². The average Bonchev–Trinajstić information content (AvgIpc) is 2.26. The number of alkyl halides is 1. The molecule has 0 aliphatic carbocycles. The minimum Gasteiger partial charge on any atom is -0.479 e. The highest BCUT2D eigenvalue weighted by Gasteiger charge is 2.07. The maximum Gasteiger partial charge on any atom is 0.248 e. The van der Waals surface area contributed by atoms with E-state index in [1.807, 2.05) is 6.07 Å². The Bertz CT molecular complexity index is 355. The minimum absolute atomic E-state index is 0.0180. The van der Waals surface area contributed by atoms with Crippen LogP contribution in [-0.2, 0) is 0 Å². The Hall–Kier alpha value is -1.03. The standard InChI is InChI=1S/C12H16BrNO2/c1-2-3-7-11(13)16-10-6-4-5-9(8-10)12(14)15/h4-6,8,11H,2-3,7H2,1H3,(H2,14,15). The summed E-state index contributed by atoms with van der Waals surface area (Å²) in [7, 11) is 0. The number of rotatable bonds is 6. The molecular weight excluding hydrogens is 270 g/mol. The summed E-state index contributed by atoms with van der Waals surface area (Å²) in [6.07, 6.45) is 3.18. The maximum absolute atomic E-state index is 11.0. The Morgan fingerprint density at radius 2 is 2.31 bits per heavy atom. The number of unbranched alkanes of at least 4 members (excludes halogenated alkanes) is 1. The summed E-state index contributed by atoms with van der Waals surface area (Å²) in [5.74, 6) is 0.222. The maximum atomic E-state index is 11.0. The summed E-state index contributed by atoms with van der Waals surface area (Å²) in [4.78, 5) is 11.0. The van der Waals surface area contributed by atoms with Crippen molar-refractivity contribution in [2.24, 2.45) is 5.73 Å². The summed E-state index contributed by atoms with van der Waals surface area (Å²) in [6.45, 7) is 2.13. The first kappa shape index (κ1) is 13.0. The Morgan fingerprint density at radius 1 is 1.56 bits per heavy atom. The molecule has 1 aromatic carbocycles. The van der Waals surface area contributed by atoms with Crippen LogP contribution in [0.3, 0.4) is 0 Å². The molecule has 1 amide bonds. The normalized spacial score (nSPS) is 12.1. The molecule has 0 saturated heterocycles. The lowest BCUT2D eigenvalue weighted by Crippen LogP contribution is -2.12. The summed E-state index contributed by atoms with van der Waals surface area (Å²) in [5.41, 5.74) is 5.65.